The molecule has 7 nitrogen and oxygen atoms in total. The van der Waals surface area contributed by atoms with Crippen molar-refractivity contribution in [1.29, 1.82) is 0 Å². The number of carboxylic acids is 2. The lowest BCUT2D eigenvalue weighted by Crippen LogP contribution is -2.52. The van der Waals surface area contributed by atoms with Crippen molar-refractivity contribution in [3.05, 3.63) is 0 Å². The Morgan fingerprint density at radius 1 is 1.32 bits per heavy atom. The van der Waals surface area contributed by atoms with Crippen LogP contribution in [0.4, 0.5) is 0 Å². The Kier molecular flexibility index (Phi) is 4.89. The minimum Gasteiger partial charge on any atom is -0.481 e. The van der Waals surface area contributed by atoms with E-state index in [1.807, 2.05) is 0 Å². The van der Waals surface area contributed by atoms with Gasteiger partial charge in [-0.2, -0.15) is 0 Å². The zero-order valence-electron chi connectivity index (χ0n) is 10.3. The van der Waals surface area contributed by atoms with Gasteiger partial charge in [0.15, 0.2) is 0 Å². The molecular weight excluding hydrogens is 252 g/mol. The Hall–Kier alpha value is -2.07. The normalized spacial score (nSPS) is 24.3. The first-order valence-corrected chi connectivity index (χ1v) is 5.82. The van der Waals surface area contributed by atoms with Crippen LogP contribution in [0.3, 0.4) is 0 Å². The lowest BCUT2D eigenvalue weighted by Gasteiger charge is -2.35. The van der Waals surface area contributed by atoms with E-state index in [1.165, 1.54) is 4.90 Å². The Bertz CT molecular complexity index is 428. The first-order chi connectivity index (χ1) is 8.88. The van der Waals surface area contributed by atoms with Crippen molar-refractivity contribution in [1.82, 2.24) is 4.90 Å². The molecule has 1 aliphatic heterocycles. The number of rotatable bonds is 4. The number of nitrogens with zero attached hydrogens (tertiary/aromatic N) is 1. The molecule has 0 aromatic rings. The van der Waals surface area contributed by atoms with Gasteiger partial charge in [-0.05, 0) is 6.42 Å². The van der Waals surface area contributed by atoms with Crippen LogP contribution < -0.4 is 5.73 Å². The maximum atomic E-state index is 11.9. The molecule has 0 aromatic heterocycles. The number of hydrogen-bond donors (Lipinski definition) is 3. The van der Waals surface area contributed by atoms with Gasteiger partial charge in [-0.15, -0.1) is 12.3 Å². The predicted molar refractivity (Wildman–Crippen MR) is 64.9 cm³/mol. The molecule has 1 amide bonds. The van der Waals surface area contributed by atoms with E-state index in [9.17, 15) is 14.4 Å². The fourth-order valence-corrected chi connectivity index (χ4v) is 2.15. The van der Waals surface area contributed by atoms with Crippen LogP contribution >= 0.6 is 0 Å². The fourth-order valence-electron chi connectivity index (χ4n) is 2.15. The molecule has 1 saturated heterocycles. The molecule has 0 radical (unpaired) electrons. The number of likely N-dealkylation sites (tertiary alicyclic amines) is 1. The summed E-state index contributed by atoms with van der Waals surface area (Å²) < 4.78 is 0. The van der Waals surface area contributed by atoms with Crippen molar-refractivity contribution in [2.24, 2.45) is 17.6 Å². The first kappa shape index (κ1) is 15.0. The summed E-state index contributed by atoms with van der Waals surface area (Å²) >= 11 is 0. The maximum Gasteiger partial charge on any atom is 0.309 e. The number of carboxylic acid groups (broad SMARTS) is 2. The second-order valence-corrected chi connectivity index (χ2v) is 4.48. The monoisotopic (exact) mass is 268 g/mol. The molecule has 7 heteroatoms. The molecule has 0 bridgehead atoms. The van der Waals surface area contributed by atoms with Crippen LogP contribution in [-0.2, 0) is 14.4 Å². The van der Waals surface area contributed by atoms with Gasteiger partial charge < -0.3 is 20.8 Å². The number of hydrogen-bond acceptors (Lipinski definition) is 4. The van der Waals surface area contributed by atoms with Crippen molar-refractivity contribution >= 4 is 17.8 Å². The summed E-state index contributed by atoms with van der Waals surface area (Å²) in [5.74, 6) is -2.66. The number of piperidine rings is 1. The van der Waals surface area contributed by atoms with Gasteiger partial charge in [-0.1, -0.05) is 0 Å². The standard InChI is InChI=1S/C12H16N2O5/c1-2-3-9(13)10(15)14-5-4-7(11(16)17)8(6-14)12(18)19/h1,7-9H,3-6,13H2,(H,16,17)(H,18,19). The van der Waals surface area contributed by atoms with Gasteiger partial charge >= 0.3 is 11.9 Å². The van der Waals surface area contributed by atoms with Crippen LogP contribution in [-0.4, -0.2) is 52.1 Å². The summed E-state index contributed by atoms with van der Waals surface area (Å²) in [4.78, 5) is 35.2. The minimum atomic E-state index is -1.23. The minimum absolute atomic E-state index is 0.0649. The molecule has 104 valence electrons. The van der Waals surface area contributed by atoms with Crippen LogP contribution in [0.1, 0.15) is 12.8 Å². The molecule has 1 rings (SSSR count). The zero-order valence-corrected chi connectivity index (χ0v) is 10.3. The van der Waals surface area contributed by atoms with E-state index < -0.39 is 35.7 Å². The molecule has 0 aromatic carbocycles. The molecule has 3 atom stereocenters. The molecule has 1 aliphatic rings. The Labute approximate surface area is 110 Å². The smallest absolute Gasteiger partial charge is 0.309 e. The summed E-state index contributed by atoms with van der Waals surface area (Å²) in [5.41, 5.74) is 5.58. The number of carbonyl (C=O) groups is 3. The second-order valence-electron chi connectivity index (χ2n) is 4.48. The quantitative estimate of drug-likeness (QED) is 0.561. The molecular formula is C12H16N2O5. The molecule has 3 unspecified atom stereocenters. The van der Waals surface area contributed by atoms with Crippen molar-refractivity contribution in [3.63, 3.8) is 0 Å². The van der Waals surface area contributed by atoms with E-state index in [1.54, 1.807) is 0 Å². The van der Waals surface area contributed by atoms with E-state index in [2.05, 4.69) is 5.92 Å². The van der Waals surface area contributed by atoms with Crippen LogP contribution in [0, 0.1) is 24.2 Å². The average Bonchev–Trinajstić information content (AvgIpc) is 2.37. The van der Waals surface area contributed by atoms with Gasteiger partial charge in [-0.3, -0.25) is 14.4 Å². The van der Waals surface area contributed by atoms with Gasteiger partial charge in [0.1, 0.15) is 0 Å². The molecule has 0 saturated carbocycles. The summed E-state index contributed by atoms with van der Waals surface area (Å²) in [6.45, 7) is 0.0290. The summed E-state index contributed by atoms with van der Waals surface area (Å²) in [5, 5.41) is 18.0. The highest BCUT2D eigenvalue weighted by molar-refractivity contribution is 5.85. The number of amides is 1. The summed E-state index contributed by atoms with van der Waals surface area (Å²) in [7, 11) is 0. The topological polar surface area (TPSA) is 121 Å². The highest BCUT2D eigenvalue weighted by atomic mass is 16.4. The number of aliphatic carboxylic acids is 2. The van der Waals surface area contributed by atoms with Crippen molar-refractivity contribution in [3.8, 4) is 12.3 Å². The second kappa shape index (κ2) is 6.20. The highest BCUT2D eigenvalue weighted by Gasteiger charge is 2.40. The molecule has 19 heavy (non-hydrogen) atoms. The molecule has 1 heterocycles. The third-order valence-electron chi connectivity index (χ3n) is 3.21. The first-order valence-electron chi connectivity index (χ1n) is 5.82. The predicted octanol–water partition coefficient (Wildman–Crippen LogP) is -1.03. The number of nitrogens with two attached hydrogens (primary N) is 1. The number of carbonyl (C=O) groups excluding carboxylic acids is 1. The van der Waals surface area contributed by atoms with Gasteiger partial charge in [0, 0.05) is 19.5 Å². The van der Waals surface area contributed by atoms with E-state index in [4.69, 9.17) is 22.4 Å². The Morgan fingerprint density at radius 3 is 2.37 bits per heavy atom. The molecule has 0 aliphatic carbocycles. The van der Waals surface area contributed by atoms with E-state index in [-0.39, 0.29) is 25.9 Å². The Balaban J connectivity index is 2.77. The van der Waals surface area contributed by atoms with Gasteiger partial charge in [0.2, 0.25) is 5.91 Å². The van der Waals surface area contributed by atoms with Gasteiger partial charge in [0.05, 0.1) is 17.9 Å². The summed E-state index contributed by atoms with van der Waals surface area (Å²) in [6, 6.07) is -0.874. The SMILES string of the molecule is C#CCC(N)C(=O)N1CCC(C(=O)O)C(C(=O)O)C1. The molecule has 0 spiro atoms. The third-order valence-corrected chi connectivity index (χ3v) is 3.21. The fraction of sp³-hybridized carbons (Fsp3) is 0.583. The maximum absolute atomic E-state index is 11.9. The van der Waals surface area contributed by atoms with Gasteiger partial charge in [-0.25, -0.2) is 0 Å². The van der Waals surface area contributed by atoms with Crippen molar-refractivity contribution in [2.45, 2.75) is 18.9 Å². The van der Waals surface area contributed by atoms with Crippen LogP contribution in [0.25, 0.3) is 0 Å². The zero-order chi connectivity index (χ0) is 14.6. The van der Waals surface area contributed by atoms with Gasteiger partial charge in [0.25, 0.3) is 0 Å². The van der Waals surface area contributed by atoms with E-state index >= 15 is 0 Å². The lowest BCUT2D eigenvalue weighted by molar-refractivity contribution is -0.159. The van der Waals surface area contributed by atoms with Crippen LogP contribution in [0.15, 0.2) is 0 Å². The largest absolute Gasteiger partial charge is 0.481 e. The van der Waals surface area contributed by atoms with E-state index in [0.29, 0.717) is 0 Å². The van der Waals surface area contributed by atoms with E-state index in [0.717, 1.165) is 0 Å². The Morgan fingerprint density at radius 2 is 1.89 bits per heavy atom. The van der Waals surface area contributed by atoms with Crippen molar-refractivity contribution < 1.29 is 24.6 Å². The van der Waals surface area contributed by atoms with Crippen LogP contribution in [0.5, 0.6) is 0 Å². The summed E-state index contributed by atoms with van der Waals surface area (Å²) in [6.07, 6.45) is 5.22. The highest BCUT2D eigenvalue weighted by Crippen LogP contribution is 2.24. The molecule has 4 N–H and O–H groups in total. The number of terminal acetylenes is 1. The van der Waals surface area contributed by atoms with Crippen LogP contribution in [0.2, 0.25) is 0 Å². The lowest BCUT2D eigenvalue weighted by atomic mass is 9.85. The average molecular weight is 268 g/mol. The molecule has 1 fully saturated rings. The third kappa shape index (κ3) is 3.45. The van der Waals surface area contributed by atoms with Crippen molar-refractivity contribution in [2.75, 3.05) is 13.1 Å².